The molecule has 0 spiro atoms. The standard InChI is InChI=1S/C10H15ClN2O/c1-8(7-14)13(2)6-9-3-4-12-5-10(9)11/h3-5,8,14H,6-7H2,1-2H3. The quantitative estimate of drug-likeness (QED) is 0.826. The average Bonchev–Trinajstić information content (AvgIpc) is 2.20. The molecule has 1 unspecified atom stereocenters. The van der Waals surface area contributed by atoms with Crippen LogP contribution in [0.5, 0.6) is 0 Å². The van der Waals surface area contributed by atoms with E-state index in [2.05, 4.69) is 4.98 Å². The van der Waals surface area contributed by atoms with Crippen molar-refractivity contribution in [2.24, 2.45) is 0 Å². The number of likely N-dealkylation sites (N-methyl/N-ethyl adjacent to an activating group) is 1. The van der Waals surface area contributed by atoms with Gasteiger partial charge in [-0.15, -0.1) is 0 Å². The zero-order valence-corrected chi connectivity index (χ0v) is 9.20. The number of aliphatic hydroxyl groups excluding tert-OH is 1. The van der Waals surface area contributed by atoms with Gasteiger partial charge in [-0.2, -0.15) is 0 Å². The minimum Gasteiger partial charge on any atom is -0.395 e. The number of nitrogens with zero attached hydrogens (tertiary/aromatic N) is 2. The smallest absolute Gasteiger partial charge is 0.0634 e. The van der Waals surface area contributed by atoms with E-state index in [0.29, 0.717) is 5.02 Å². The van der Waals surface area contributed by atoms with Crippen molar-refractivity contribution < 1.29 is 5.11 Å². The lowest BCUT2D eigenvalue weighted by Crippen LogP contribution is -2.31. The summed E-state index contributed by atoms with van der Waals surface area (Å²) in [7, 11) is 1.96. The molecule has 0 aromatic carbocycles. The van der Waals surface area contributed by atoms with E-state index in [1.807, 2.05) is 24.9 Å². The summed E-state index contributed by atoms with van der Waals surface area (Å²) in [4.78, 5) is 5.96. The number of rotatable bonds is 4. The first-order valence-electron chi connectivity index (χ1n) is 4.54. The molecule has 0 aliphatic carbocycles. The molecule has 1 aromatic rings. The van der Waals surface area contributed by atoms with Gasteiger partial charge in [-0.05, 0) is 25.6 Å². The molecule has 3 nitrogen and oxygen atoms in total. The van der Waals surface area contributed by atoms with Crippen molar-refractivity contribution in [1.29, 1.82) is 0 Å². The Hall–Kier alpha value is -0.640. The highest BCUT2D eigenvalue weighted by atomic mass is 35.5. The third-order valence-corrected chi connectivity index (χ3v) is 2.63. The van der Waals surface area contributed by atoms with Crippen LogP contribution in [0.3, 0.4) is 0 Å². The van der Waals surface area contributed by atoms with Crippen LogP contribution in [0.15, 0.2) is 18.5 Å². The predicted molar refractivity (Wildman–Crippen MR) is 57.3 cm³/mol. The molecular formula is C10H15ClN2O. The number of aromatic nitrogens is 1. The van der Waals surface area contributed by atoms with Crippen LogP contribution in [0.1, 0.15) is 12.5 Å². The Labute approximate surface area is 89.3 Å². The highest BCUT2D eigenvalue weighted by Gasteiger charge is 2.09. The first kappa shape index (κ1) is 11.4. The van der Waals surface area contributed by atoms with Gasteiger partial charge in [-0.25, -0.2) is 0 Å². The Morgan fingerprint density at radius 3 is 2.93 bits per heavy atom. The Kier molecular flexibility index (Phi) is 4.32. The maximum atomic E-state index is 8.97. The molecule has 0 aliphatic heterocycles. The molecule has 4 heteroatoms. The van der Waals surface area contributed by atoms with Gasteiger partial charge in [0, 0.05) is 25.0 Å². The van der Waals surface area contributed by atoms with Crippen LogP contribution in [0.2, 0.25) is 5.02 Å². The van der Waals surface area contributed by atoms with Crippen molar-refractivity contribution in [3.05, 3.63) is 29.0 Å². The molecule has 1 rings (SSSR count). The number of halogens is 1. The van der Waals surface area contributed by atoms with E-state index in [-0.39, 0.29) is 12.6 Å². The third-order valence-electron chi connectivity index (χ3n) is 2.29. The molecule has 0 saturated heterocycles. The summed E-state index contributed by atoms with van der Waals surface area (Å²) in [5.41, 5.74) is 1.03. The van der Waals surface area contributed by atoms with E-state index in [1.54, 1.807) is 12.4 Å². The molecule has 78 valence electrons. The van der Waals surface area contributed by atoms with Gasteiger partial charge in [0.2, 0.25) is 0 Å². The Balaban J connectivity index is 2.64. The SMILES string of the molecule is CC(CO)N(C)Cc1ccncc1Cl. The summed E-state index contributed by atoms with van der Waals surface area (Å²) in [6.45, 7) is 2.84. The highest BCUT2D eigenvalue weighted by molar-refractivity contribution is 6.31. The fraction of sp³-hybridized carbons (Fsp3) is 0.500. The van der Waals surface area contributed by atoms with Crippen molar-refractivity contribution in [1.82, 2.24) is 9.88 Å². The minimum atomic E-state index is 0.138. The van der Waals surface area contributed by atoms with E-state index in [1.165, 1.54) is 0 Å². The first-order chi connectivity index (χ1) is 6.65. The fourth-order valence-electron chi connectivity index (χ4n) is 1.10. The number of pyridine rings is 1. The van der Waals surface area contributed by atoms with E-state index in [4.69, 9.17) is 16.7 Å². The lowest BCUT2D eigenvalue weighted by atomic mass is 10.2. The Morgan fingerprint density at radius 2 is 2.36 bits per heavy atom. The van der Waals surface area contributed by atoms with E-state index in [0.717, 1.165) is 12.1 Å². The van der Waals surface area contributed by atoms with Gasteiger partial charge < -0.3 is 5.11 Å². The van der Waals surface area contributed by atoms with Crippen LogP contribution in [-0.2, 0) is 6.54 Å². The second kappa shape index (κ2) is 5.29. The van der Waals surface area contributed by atoms with Gasteiger partial charge in [0.25, 0.3) is 0 Å². The Morgan fingerprint density at radius 1 is 1.64 bits per heavy atom. The minimum absolute atomic E-state index is 0.138. The maximum Gasteiger partial charge on any atom is 0.0634 e. The summed E-state index contributed by atoms with van der Waals surface area (Å²) in [6.07, 6.45) is 3.35. The second-order valence-corrected chi connectivity index (χ2v) is 3.82. The Bertz CT molecular complexity index is 293. The topological polar surface area (TPSA) is 36.4 Å². The summed E-state index contributed by atoms with van der Waals surface area (Å²) < 4.78 is 0. The van der Waals surface area contributed by atoms with Crippen LogP contribution in [0.4, 0.5) is 0 Å². The van der Waals surface area contributed by atoms with E-state index in [9.17, 15) is 0 Å². The van der Waals surface area contributed by atoms with Gasteiger partial charge in [0.15, 0.2) is 0 Å². The molecule has 1 atom stereocenters. The molecular weight excluding hydrogens is 200 g/mol. The second-order valence-electron chi connectivity index (χ2n) is 3.41. The highest BCUT2D eigenvalue weighted by Crippen LogP contribution is 2.15. The van der Waals surface area contributed by atoms with Crippen LogP contribution in [0.25, 0.3) is 0 Å². The lowest BCUT2D eigenvalue weighted by molar-refractivity contribution is 0.154. The number of hydrogen-bond acceptors (Lipinski definition) is 3. The summed E-state index contributed by atoms with van der Waals surface area (Å²) >= 11 is 5.96. The summed E-state index contributed by atoms with van der Waals surface area (Å²) in [5, 5.41) is 9.64. The molecule has 1 heterocycles. The number of hydrogen-bond donors (Lipinski definition) is 1. The van der Waals surface area contributed by atoms with Crippen molar-refractivity contribution in [2.75, 3.05) is 13.7 Å². The van der Waals surface area contributed by atoms with Gasteiger partial charge >= 0.3 is 0 Å². The fourth-order valence-corrected chi connectivity index (χ4v) is 1.28. The molecule has 0 bridgehead atoms. The van der Waals surface area contributed by atoms with Crippen LogP contribution >= 0.6 is 11.6 Å². The molecule has 0 saturated carbocycles. The third kappa shape index (κ3) is 2.94. The van der Waals surface area contributed by atoms with Crippen molar-refractivity contribution in [2.45, 2.75) is 19.5 Å². The first-order valence-corrected chi connectivity index (χ1v) is 4.92. The zero-order chi connectivity index (χ0) is 10.6. The lowest BCUT2D eigenvalue weighted by Gasteiger charge is -2.23. The van der Waals surface area contributed by atoms with E-state index >= 15 is 0 Å². The molecule has 0 aliphatic rings. The zero-order valence-electron chi connectivity index (χ0n) is 8.44. The molecule has 0 amide bonds. The normalized spacial score (nSPS) is 13.2. The number of aliphatic hydroxyl groups is 1. The molecule has 14 heavy (non-hydrogen) atoms. The maximum absolute atomic E-state index is 8.97. The predicted octanol–water partition coefficient (Wildman–Crippen LogP) is 1.55. The molecule has 1 aromatic heterocycles. The van der Waals surface area contributed by atoms with Crippen LogP contribution < -0.4 is 0 Å². The van der Waals surface area contributed by atoms with E-state index < -0.39 is 0 Å². The molecule has 1 N–H and O–H groups in total. The average molecular weight is 215 g/mol. The van der Waals surface area contributed by atoms with Crippen LogP contribution in [-0.4, -0.2) is 34.7 Å². The summed E-state index contributed by atoms with van der Waals surface area (Å²) in [5.74, 6) is 0. The van der Waals surface area contributed by atoms with Gasteiger partial charge in [-0.1, -0.05) is 11.6 Å². The monoisotopic (exact) mass is 214 g/mol. The molecule has 0 radical (unpaired) electrons. The van der Waals surface area contributed by atoms with Crippen molar-refractivity contribution in [3.8, 4) is 0 Å². The molecule has 0 fully saturated rings. The van der Waals surface area contributed by atoms with Gasteiger partial charge in [-0.3, -0.25) is 9.88 Å². The van der Waals surface area contributed by atoms with Crippen molar-refractivity contribution >= 4 is 11.6 Å². The van der Waals surface area contributed by atoms with Crippen LogP contribution in [0, 0.1) is 0 Å². The van der Waals surface area contributed by atoms with Crippen molar-refractivity contribution in [3.63, 3.8) is 0 Å². The van der Waals surface area contributed by atoms with Gasteiger partial charge in [0.05, 0.1) is 11.6 Å². The van der Waals surface area contributed by atoms with Gasteiger partial charge in [0.1, 0.15) is 0 Å². The largest absolute Gasteiger partial charge is 0.395 e. The summed E-state index contributed by atoms with van der Waals surface area (Å²) in [6, 6.07) is 2.03.